The SMILES string of the molecule is C=CC(=O)NCCCC(=O)Nc1c(I)c(C(=O)[O-])c(I)c(C(=O)[O-])c1I.[Na+].[Na+]. The van der Waals surface area contributed by atoms with Crippen LogP contribution < -0.4 is 80.0 Å². The average Bonchev–Trinajstić information content (AvgIpc) is 2.54. The zero-order valence-corrected chi connectivity index (χ0v) is 25.5. The predicted octanol–water partition coefficient (Wildman–Crippen LogP) is -5.74. The summed E-state index contributed by atoms with van der Waals surface area (Å²) in [5, 5.41) is 27.8. The molecule has 0 aliphatic heterocycles. The quantitative estimate of drug-likeness (QED) is 0.118. The van der Waals surface area contributed by atoms with Gasteiger partial charge in [0.2, 0.25) is 11.8 Å². The first-order valence-corrected chi connectivity index (χ1v) is 10.2. The Kier molecular flexibility index (Phi) is 16.7. The minimum absolute atomic E-state index is 0. The molecule has 0 bridgehead atoms. The third-order valence-electron chi connectivity index (χ3n) is 3.05. The molecule has 0 aliphatic carbocycles. The number of halogens is 3. The first kappa shape index (κ1) is 31.2. The summed E-state index contributed by atoms with van der Waals surface area (Å²) in [4.78, 5) is 45.9. The van der Waals surface area contributed by atoms with Crippen molar-refractivity contribution in [2.75, 3.05) is 11.9 Å². The number of benzene rings is 1. The molecule has 8 nitrogen and oxygen atoms in total. The molecule has 0 radical (unpaired) electrons. The summed E-state index contributed by atoms with van der Waals surface area (Å²) in [6.07, 6.45) is 1.49. The molecule has 1 rings (SSSR count). The molecule has 2 amide bonds. The maximum Gasteiger partial charge on any atom is 1.00 e. The monoisotopic (exact) mass is 742 g/mol. The van der Waals surface area contributed by atoms with Crippen LogP contribution in [0.3, 0.4) is 0 Å². The van der Waals surface area contributed by atoms with Crippen molar-refractivity contribution in [2.24, 2.45) is 0 Å². The Bertz CT molecular complexity index is 763. The second-order valence-corrected chi connectivity index (χ2v) is 8.02. The van der Waals surface area contributed by atoms with Gasteiger partial charge in [-0.15, -0.1) is 0 Å². The smallest absolute Gasteiger partial charge is 0.545 e. The van der Waals surface area contributed by atoms with E-state index in [4.69, 9.17) is 0 Å². The fourth-order valence-corrected chi connectivity index (χ4v) is 6.18. The Morgan fingerprint density at radius 3 is 1.79 bits per heavy atom. The number of rotatable bonds is 8. The van der Waals surface area contributed by atoms with Crippen LogP contribution in [0, 0.1) is 10.7 Å². The van der Waals surface area contributed by atoms with Crippen molar-refractivity contribution in [3.05, 3.63) is 34.5 Å². The topological polar surface area (TPSA) is 138 Å². The molecule has 13 heteroatoms. The number of amides is 2. The number of hydrogen-bond acceptors (Lipinski definition) is 6. The van der Waals surface area contributed by atoms with Gasteiger partial charge in [-0.25, -0.2) is 0 Å². The zero-order valence-electron chi connectivity index (χ0n) is 15.0. The first-order chi connectivity index (χ1) is 12.1. The maximum absolute atomic E-state index is 12.1. The molecule has 0 fully saturated rings. The molecule has 0 saturated heterocycles. The van der Waals surface area contributed by atoms with E-state index >= 15 is 0 Å². The molecule has 28 heavy (non-hydrogen) atoms. The van der Waals surface area contributed by atoms with Crippen molar-refractivity contribution in [2.45, 2.75) is 12.8 Å². The van der Waals surface area contributed by atoms with Crippen molar-refractivity contribution in [3.63, 3.8) is 0 Å². The van der Waals surface area contributed by atoms with Gasteiger partial charge < -0.3 is 30.4 Å². The summed E-state index contributed by atoms with van der Waals surface area (Å²) in [5.41, 5.74) is -0.566. The van der Waals surface area contributed by atoms with Gasteiger partial charge in [0.05, 0.1) is 17.6 Å². The van der Waals surface area contributed by atoms with E-state index in [0.29, 0.717) is 6.42 Å². The van der Waals surface area contributed by atoms with Gasteiger partial charge in [0.25, 0.3) is 0 Å². The normalized spacial score (nSPS) is 9.39. The Morgan fingerprint density at radius 1 is 0.929 bits per heavy atom. The van der Waals surface area contributed by atoms with Gasteiger partial charge in [0, 0.05) is 34.8 Å². The molecule has 0 aromatic heterocycles. The van der Waals surface area contributed by atoms with E-state index in [9.17, 15) is 29.4 Å². The molecule has 0 aliphatic rings. The number of carboxylic acid groups (broad SMARTS) is 2. The van der Waals surface area contributed by atoms with Crippen molar-refractivity contribution in [1.29, 1.82) is 0 Å². The Morgan fingerprint density at radius 2 is 1.39 bits per heavy atom. The predicted molar refractivity (Wildman–Crippen MR) is 114 cm³/mol. The van der Waals surface area contributed by atoms with E-state index in [2.05, 4.69) is 17.2 Å². The van der Waals surface area contributed by atoms with Crippen LogP contribution in [0.2, 0.25) is 0 Å². The zero-order chi connectivity index (χ0) is 20.0. The van der Waals surface area contributed by atoms with Crippen LogP contribution >= 0.6 is 67.8 Å². The summed E-state index contributed by atoms with van der Waals surface area (Å²) >= 11 is 5.02. The molecule has 0 saturated carbocycles. The van der Waals surface area contributed by atoms with E-state index in [1.54, 1.807) is 67.8 Å². The van der Waals surface area contributed by atoms with Crippen LogP contribution in [0.15, 0.2) is 12.7 Å². The number of nitrogens with one attached hydrogen (secondary N) is 2. The largest absolute Gasteiger partial charge is 1.00 e. The third-order valence-corrected chi connectivity index (χ3v) is 6.29. The van der Waals surface area contributed by atoms with E-state index in [1.165, 1.54) is 0 Å². The summed E-state index contributed by atoms with van der Waals surface area (Å²) in [5.74, 6) is -3.92. The van der Waals surface area contributed by atoms with Crippen LogP contribution in [-0.2, 0) is 9.59 Å². The number of aromatic carboxylic acids is 2. The van der Waals surface area contributed by atoms with Gasteiger partial charge in [0.1, 0.15) is 0 Å². The maximum atomic E-state index is 12.1. The second-order valence-electron chi connectivity index (χ2n) is 4.79. The summed E-state index contributed by atoms with van der Waals surface area (Å²) in [6.45, 7) is 3.56. The minimum Gasteiger partial charge on any atom is -0.545 e. The molecule has 2 N–H and O–H groups in total. The fourth-order valence-electron chi connectivity index (χ4n) is 1.87. The van der Waals surface area contributed by atoms with Crippen LogP contribution in [0.25, 0.3) is 0 Å². The Labute approximate surface area is 246 Å². The van der Waals surface area contributed by atoms with E-state index in [0.717, 1.165) is 6.08 Å². The number of hydrogen-bond donors (Lipinski definition) is 2. The molecule has 0 spiro atoms. The van der Waals surface area contributed by atoms with Crippen molar-refractivity contribution in [3.8, 4) is 0 Å². The number of carbonyl (C=O) groups excluding carboxylic acids is 4. The van der Waals surface area contributed by atoms with Gasteiger partial charge in [-0.2, -0.15) is 0 Å². The Hall–Kier alpha value is 1.03. The Balaban J connectivity index is 0. The van der Waals surface area contributed by atoms with E-state index in [1.807, 2.05) is 0 Å². The summed E-state index contributed by atoms with van der Waals surface area (Å²) < 4.78 is 0.297. The van der Waals surface area contributed by atoms with Crippen LogP contribution in [0.4, 0.5) is 5.69 Å². The third kappa shape index (κ3) is 8.64. The molecule has 1 aromatic rings. The molecular formula is C15H11I3N2Na2O6. The van der Waals surface area contributed by atoms with Crippen molar-refractivity contribution in [1.82, 2.24) is 5.32 Å². The molecular weight excluding hydrogens is 731 g/mol. The number of carboxylic acids is 2. The molecule has 140 valence electrons. The van der Waals surface area contributed by atoms with Crippen LogP contribution in [-0.4, -0.2) is 30.3 Å². The standard InChI is InChI=1S/C15H13I3N2O6.2Na/c1-2-6(21)19-5-3-4-7(22)20-13-11(17)8(14(23)24)10(16)9(12(13)18)15(25)26;;/h2H,1,3-5H2,(H,19,21)(H,20,22)(H,23,24)(H,25,26);;/q;2*+1/p-2. The first-order valence-electron chi connectivity index (χ1n) is 6.95. The molecule has 1 aromatic carbocycles. The summed E-state index contributed by atoms with van der Waals surface area (Å²) in [6, 6.07) is 0. The van der Waals surface area contributed by atoms with Gasteiger partial charge in [-0.1, -0.05) is 6.58 Å². The molecule has 0 heterocycles. The number of carbonyl (C=O) groups is 4. The summed E-state index contributed by atoms with van der Waals surface area (Å²) in [7, 11) is 0. The van der Waals surface area contributed by atoms with E-state index in [-0.39, 0.29) is 106 Å². The van der Waals surface area contributed by atoms with Crippen LogP contribution in [0.1, 0.15) is 33.6 Å². The number of anilines is 1. The van der Waals surface area contributed by atoms with Gasteiger partial charge in [-0.3, -0.25) is 9.59 Å². The van der Waals surface area contributed by atoms with E-state index < -0.39 is 17.8 Å². The van der Waals surface area contributed by atoms with Gasteiger partial charge in [-0.05, 0) is 80.3 Å². The molecule has 0 atom stereocenters. The fraction of sp³-hybridized carbons (Fsp3) is 0.200. The molecule has 0 unspecified atom stereocenters. The van der Waals surface area contributed by atoms with Crippen molar-refractivity contribution < 1.29 is 88.5 Å². The van der Waals surface area contributed by atoms with Gasteiger partial charge >= 0.3 is 59.1 Å². The van der Waals surface area contributed by atoms with Gasteiger partial charge in [0.15, 0.2) is 0 Å². The minimum atomic E-state index is -1.56. The average molecular weight is 742 g/mol. The van der Waals surface area contributed by atoms with Crippen LogP contribution in [0.5, 0.6) is 0 Å². The van der Waals surface area contributed by atoms with Crippen molar-refractivity contribution >= 4 is 97.2 Å². The second kappa shape index (κ2) is 14.9.